The summed E-state index contributed by atoms with van der Waals surface area (Å²) < 4.78 is 10.3. The maximum atomic E-state index is 6.08. The molecule has 0 aliphatic carbocycles. The van der Waals surface area contributed by atoms with Crippen LogP contribution in [0, 0.1) is 0 Å². The van der Waals surface area contributed by atoms with E-state index in [9.17, 15) is 0 Å². The summed E-state index contributed by atoms with van der Waals surface area (Å²) in [6.07, 6.45) is 0.946. The fraction of sp³-hybridized carbons (Fsp3) is 0.417. The fourth-order valence-corrected chi connectivity index (χ4v) is 1.68. The van der Waals surface area contributed by atoms with Gasteiger partial charge >= 0.3 is 0 Å². The van der Waals surface area contributed by atoms with Crippen LogP contribution >= 0.6 is 11.6 Å². The Balaban J connectivity index is 3.15. The molecule has 0 spiro atoms. The number of methoxy groups -OCH3 is 2. The standard InChI is InChI=1S/C12H17ClN2O2/c1-4-5-15-12(14)8-6-9(13)11(17-3)10(7-8)16-2/h6-7H,4-5H2,1-3H3,(H2,14,15). The lowest BCUT2D eigenvalue weighted by molar-refractivity contribution is 0.355. The summed E-state index contributed by atoms with van der Waals surface area (Å²) in [5.41, 5.74) is 6.60. The third kappa shape index (κ3) is 3.27. The smallest absolute Gasteiger partial charge is 0.179 e. The predicted molar refractivity (Wildman–Crippen MR) is 70.4 cm³/mol. The maximum Gasteiger partial charge on any atom is 0.179 e. The Morgan fingerprint density at radius 2 is 2.06 bits per heavy atom. The molecule has 0 fully saturated rings. The summed E-state index contributed by atoms with van der Waals surface area (Å²) in [6, 6.07) is 3.48. The van der Waals surface area contributed by atoms with Crippen molar-refractivity contribution in [1.29, 1.82) is 0 Å². The Morgan fingerprint density at radius 1 is 1.35 bits per heavy atom. The molecule has 1 aromatic carbocycles. The molecule has 1 rings (SSSR count). The minimum atomic E-state index is 0.453. The molecule has 0 saturated carbocycles. The van der Waals surface area contributed by atoms with E-state index in [1.807, 2.05) is 6.92 Å². The predicted octanol–water partition coefficient (Wildman–Crippen LogP) is 2.47. The average molecular weight is 257 g/mol. The second-order valence-electron chi connectivity index (χ2n) is 3.46. The van der Waals surface area contributed by atoms with Gasteiger partial charge in [0.15, 0.2) is 11.5 Å². The first-order valence-electron chi connectivity index (χ1n) is 5.35. The molecule has 0 unspecified atom stereocenters. The third-order valence-corrected chi connectivity index (χ3v) is 2.52. The lowest BCUT2D eigenvalue weighted by Crippen LogP contribution is -2.14. The molecule has 94 valence electrons. The van der Waals surface area contributed by atoms with Crippen molar-refractivity contribution in [3.05, 3.63) is 22.7 Å². The van der Waals surface area contributed by atoms with Crippen molar-refractivity contribution < 1.29 is 9.47 Å². The van der Waals surface area contributed by atoms with Crippen LogP contribution in [0.5, 0.6) is 11.5 Å². The van der Waals surface area contributed by atoms with E-state index in [4.69, 9.17) is 26.8 Å². The third-order valence-electron chi connectivity index (χ3n) is 2.24. The highest BCUT2D eigenvalue weighted by atomic mass is 35.5. The van der Waals surface area contributed by atoms with Gasteiger partial charge in [-0.05, 0) is 18.6 Å². The first kappa shape index (κ1) is 13.6. The van der Waals surface area contributed by atoms with Gasteiger partial charge in [0.05, 0.1) is 19.2 Å². The van der Waals surface area contributed by atoms with Gasteiger partial charge < -0.3 is 15.2 Å². The van der Waals surface area contributed by atoms with Crippen molar-refractivity contribution in [3.8, 4) is 11.5 Å². The Bertz CT molecular complexity index is 419. The van der Waals surface area contributed by atoms with Gasteiger partial charge in [-0.1, -0.05) is 18.5 Å². The normalized spacial score (nSPS) is 11.4. The van der Waals surface area contributed by atoms with Crippen LogP contribution in [0.25, 0.3) is 0 Å². The summed E-state index contributed by atoms with van der Waals surface area (Å²) in [6.45, 7) is 2.73. The molecule has 5 heteroatoms. The Hall–Kier alpha value is -1.42. The zero-order valence-corrected chi connectivity index (χ0v) is 11.0. The summed E-state index contributed by atoms with van der Waals surface area (Å²) >= 11 is 6.08. The summed E-state index contributed by atoms with van der Waals surface area (Å²) in [5, 5.41) is 0.455. The molecule has 0 aliphatic rings. The van der Waals surface area contributed by atoms with E-state index < -0.39 is 0 Å². The number of nitrogens with two attached hydrogens (primary N) is 1. The van der Waals surface area contributed by atoms with Gasteiger partial charge in [0, 0.05) is 12.1 Å². The number of ether oxygens (including phenoxy) is 2. The van der Waals surface area contributed by atoms with Gasteiger partial charge in [-0.15, -0.1) is 0 Å². The number of nitrogens with zero attached hydrogens (tertiary/aromatic N) is 1. The number of halogens is 1. The van der Waals surface area contributed by atoms with Crippen LogP contribution in [0.4, 0.5) is 0 Å². The van der Waals surface area contributed by atoms with Crippen molar-refractivity contribution in [2.75, 3.05) is 20.8 Å². The van der Waals surface area contributed by atoms with E-state index in [0.29, 0.717) is 28.9 Å². The highest BCUT2D eigenvalue weighted by molar-refractivity contribution is 6.32. The van der Waals surface area contributed by atoms with Gasteiger partial charge in [0.2, 0.25) is 0 Å². The Labute approximate surface area is 106 Å². The Morgan fingerprint density at radius 3 is 2.59 bits per heavy atom. The first-order chi connectivity index (χ1) is 8.13. The molecule has 0 aromatic heterocycles. The van der Waals surface area contributed by atoms with Crippen molar-refractivity contribution in [2.45, 2.75) is 13.3 Å². The molecule has 0 aliphatic heterocycles. The highest BCUT2D eigenvalue weighted by Crippen LogP contribution is 2.35. The van der Waals surface area contributed by atoms with Crippen LogP contribution in [-0.2, 0) is 0 Å². The fourth-order valence-electron chi connectivity index (χ4n) is 1.39. The van der Waals surface area contributed by atoms with E-state index >= 15 is 0 Å². The van der Waals surface area contributed by atoms with Crippen molar-refractivity contribution in [3.63, 3.8) is 0 Å². The van der Waals surface area contributed by atoms with E-state index in [1.54, 1.807) is 19.2 Å². The van der Waals surface area contributed by atoms with Gasteiger partial charge in [0.1, 0.15) is 5.84 Å². The number of aliphatic imine (C=N–C) groups is 1. The number of hydrogen-bond donors (Lipinski definition) is 1. The number of benzene rings is 1. The van der Waals surface area contributed by atoms with Gasteiger partial charge in [0.25, 0.3) is 0 Å². The Kier molecular flexibility index (Phi) is 5.10. The largest absolute Gasteiger partial charge is 0.493 e. The van der Waals surface area contributed by atoms with Crippen LogP contribution < -0.4 is 15.2 Å². The number of rotatable bonds is 5. The molecule has 0 amide bonds. The minimum absolute atomic E-state index is 0.453. The lowest BCUT2D eigenvalue weighted by Gasteiger charge is -2.11. The molecule has 17 heavy (non-hydrogen) atoms. The van der Waals surface area contributed by atoms with E-state index in [2.05, 4.69) is 4.99 Å². The van der Waals surface area contributed by atoms with E-state index in [1.165, 1.54) is 7.11 Å². The SMILES string of the molecule is CCCN=C(N)c1cc(Cl)c(OC)c(OC)c1. The molecular formula is C12H17ClN2O2. The second-order valence-corrected chi connectivity index (χ2v) is 3.87. The van der Waals surface area contributed by atoms with Crippen LogP contribution in [0.2, 0.25) is 5.02 Å². The van der Waals surface area contributed by atoms with Crippen molar-refractivity contribution in [1.82, 2.24) is 0 Å². The van der Waals surface area contributed by atoms with Crippen molar-refractivity contribution >= 4 is 17.4 Å². The van der Waals surface area contributed by atoms with Crippen molar-refractivity contribution in [2.24, 2.45) is 10.7 Å². The zero-order valence-electron chi connectivity index (χ0n) is 10.3. The number of amidine groups is 1. The molecule has 0 heterocycles. The molecule has 0 saturated heterocycles. The summed E-state index contributed by atoms with van der Waals surface area (Å²) in [5.74, 6) is 1.50. The maximum absolute atomic E-state index is 6.08. The first-order valence-corrected chi connectivity index (χ1v) is 5.73. The molecule has 2 N–H and O–H groups in total. The summed E-state index contributed by atoms with van der Waals surface area (Å²) in [7, 11) is 3.09. The van der Waals surface area contributed by atoms with Gasteiger partial charge in [-0.2, -0.15) is 0 Å². The highest BCUT2D eigenvalue weighted by Gasteiger charge is 2.12. The monoisotopic (exact) mass is 256 g/mol. The molecule has 0 radical (unpaired) electrons. The van der Waals surface area contributed by atoms with E-state index in [-0.39, 0.29) is 0 Å². The second kappa shape index (κ2) is 6.35. The van der Waals surface area contributed by atoms with Gasteiger partial charge in [-0.3, -0.25) is 4.99 Å². The quantitative estimate of drug-likeness (QED) is 0.650. The molecule has 1 aromatic rings. The van der Waals surface area contributed by atoms with Crippen LogP contribution in [-0.4, -0.2) is 26.6 Å². The molecule has 0 atom stereocenters. The molecular weight excluding hydrogens is 240 g/mol. The van der Waals surface area contributed by atoms with Crippen LogP contribution in [0.1, 0.15) is 18.9 Å². The molecule has 4 nitrogen and oxygen atoms in total. The lowest BCUT2D eigenvalue weighted by atomic mass is 10.2. The number of hydrogen-bond acceptors (Lipinski definition) is 3. The zero-order chi connectivity index (χ0) is 12.8. The molecule has 0 bridgehead atoms. The van der Waals surface area contributed by atoms with Crippen LogP contribution in [0.15, 0.2) is 17.1 Å². The average Bonchev–Trinajstić information content (AvgIpc) is 2.34. The summed E-state index contributed by atoms with van der Waals surface area (Å²) in [4.78, 5) is 4.22. The minimum Gasteiger partial charge on any atom is -0.493 e. The topological polar surface area (TPSA) is 56.8 Å². The van der Waals surface area contributed by atoms with Gasteiger partial charge in [-0.25, -0.2) is 0 Å². The van der Waals surface area contributed by atoms with E-state index in [0.717, 1.165) is 12.0 Å². The van der Waals surface area contributed by atoms with Crippen LogP contribution in [0.3, 0.4) is 0 Å².